The van der Waals surface area contributed by atoms with Crippen molar-refractivity contribution < 1.29 is 4.43 Å². The second-order valence-electron chi connectivity index (χ2n) is 5.66. The summed E-state index contributed by atoms with van der Waals surface area (Å²) in [7, 11) is -1.41. The Labute approximate surface area is 103 Å². The molecule has 0 saturated carbocycles. The normalized spacial score (nSPS) is 15.0. The van der Waals surface area contributed by atoms with Crippen LogP contribution in [-0.2, 0) is 4.43 Å². The van der Waals surface area contributed by atoms with Gasteiger partial charge >= 0.3 is 0 Å². The van der Waals surface area contributed by atoms with Crippen molar-refractivity contribution in [2.75, 3.05) is 0 Å². The van der Waals surface area contributed by atoms with E-state index < -0.39 is 8.32 Å². The third-order valence-corrected chi connectivity index (χ3v) is 3.57. The van der Waals surface area contributed by atoms with Crippen LogP contribution in [0.3, 0.4) is 0 Å². The first-order valence-corrected chi connectivity index (χ1v) is 10.2. The highest BCUT2D eigenvalue weighted by molar-refractivity contribution is 6.70. The van der Waals surface area contributed by atoms with Crippen molar-refractivity contribution in [3.8, 4) is 0 Å². The van der Waals surface area contributed by atoms with Crippen LogP contribution in [0.1, 0.15) is 52.9 Å². The predicted octanol–water partition coefficient (Wildman–Crippen LogP) is 5.35. The van der Waals surface area contributed by atoms with Crippen LogP contribution in [-0.4, -0.2) is 8.32 Å². The van der Waals surface area contributed by atoms with Gasteiger partial charge in [0.15, 0.2) is 0 Å². The van der Waals surface area contributed by atoms with Crippen LogP contribution in [0.2, 0.25) is 19.6 Å². The molecule has 0 N–H and O–H groups in total. The van der Waals surface area contributed by atoms with Crippen molar-refractivity contribution in [3.63, 3.8) is 0 Å². The van der Waals surface area contributed by atoms with Gasteiger partial charge in [0.05, 0.1) is 5.76 Å². The van der Waals surface area contributed by atoms with E-state index in [-0.39, 0.29) is 0 Å². The van der Waals surface area contributed by atoms with Crippen LogP contribution in [0.4, 0.5) is 0 Å². The second kappa shape index (κ2) is 7.94. The van der Waals surface area contributed by atoms with Crippen LogP contribution >= 0.6 is 0 Å². The summed E-state index contributed by atoms with van der Waals surface area (Å²) in [6.45, 7) is 13.4. The Morgan fingerprint density at radius 2 is 1.81 bits per heavy atom. The molecule has 1 nitrogen and oxygen atoms in total. The molecular formula is C14H30OSi. The van der Waals surface area contributed by atoms with E-state index in [9.17, 15) is 0 Å². The fourth-order valence-electron chi connectivity index (χ4n) is 1.91. The fourth-order valence-corrected chi connectivity index (χ4v) is 2.94. The molecule has 1 atom stereocenters. The van der Waals surface area contributed by atoms with Gasteiger partial charge in [0, 0.05) is 0 Å². The first-order chi connectivity index (χ1) is 7.39. The lowest BCUT2D eigenvalue weighted by Gasteiger charge is -2.21. The van der Waals surface area contributed by atoms with Gasteiger partial charge in [-0.15, -0.1) is 0 Å². The Bertz CT molecular complexity index is 203. The van der Waals surface area contributed by atoms with Crippen molar-refractivity contribution in [1.82, 2.24) is 0 Å². The van der Waals surface area contributed by atoms with Gasteiger partial charge in [0.25, 0.3) is 0 Å². The van der Waals surface area contributed by atoms with E-state index >= 15 is 0 Å². The number of allylic oxidation sites excluding steroid dienone is 2. The third kappa shape index (κ3) is 9.02. The van der Waals surface area contributed by atoms with Crippen molar-refractivity contribution in [2.45, 2.75) is 72.5 Å². The van der Waals surface area contributed by atoms with Crippen LogP contribution in [0.15, 0.2) is 11.8 Å². The van der Waals surface area contributed by atoms with Crippen molar-refractivity contribution in [3.05, 3.63) is 11.8 Å². The summed E-state index contributed by atoms with van der Waals surface area (Å²) in [5.41, 5.74) is 0. The minimum atomic E-state index is -1.41. The monoisotopic (exact) mass is 242 g/mol. The molecule has 0 aromatic heterocycles. The van der Waals surface area contributed by atoms with E-state index in [1.165, 1.54) is 32.1 Å². The standard InChI is InChI=1S/C14H30OSi/c1-7-9-10-11-14(8-2)12-13(3)15-16(4,5)6/h12,14H,7-11H2,1-6H3/b13-12+. The van der Waals surface area contributed by atoms with Gasteiger partial charge in [-0.2, -0.15) is 0 Å². The fraction of sp³-hybridized carbons (Fsp3) is 0.857. The molecule has 0 aromatic rings. The quantitative estimate of drug-likeness (QED) is 0.317. The summed E-state index contributed by atoms with van der Waals surface area (Å²) in [5, 5.41) is 0. The number of rotatable bonds is 8. The summed E-state index contributed by atoms with van der Waals surface area (Å²) in [5.74, 6) is 1.85. The van der Waals surface area contributed by atoms with Crippen LogP contribution in [0, 0.1) is 5.92 Å². The lowest BCUT2D eigenvalue weighted by Crippen LogP contribution is -2.24. The van der Waals surface area contributed by atoms with Crippen molar-refractivity contribution in [1.29, 1.82) is 0 Å². The van der Waals surface area contributed by atoms with E-state index in [4.69, 9.17) is 4.43 Å². The molecule has 0 saturated heterocycles. The first kappa shape index (κ1) is 15.8. The van der Waals surface area contributed by atoms with Crippen LogP contribution in [0.25, 0.3) is 0 Å². The molecule has 0 radical (unpaired) electrons. The molecule has 2 heteroatoms. The molecule has 0 fully saturated rings. The maximum Gasteiger partial charge on any atom is 0.241 e. The van der Waals surface area contributed by atoms with Crippen molar-refractivity contribution >= 4 is 8.32 Å². The van der Waals surface area contributed by atoms with Gasteiger partial charge in [-0.1, -0.05) is 33.1 Å². The van der Waals surface area contributed by atoms with E-state index in [1.54, 1.807) is 0 Å². The number of hydrogen-bond donors (Lipinski definition) is 0. The summed E-state index contributed by atoms with van der Waals surface area (Å²) < 4.78 is 5.98. The zero-order chi connectivity index (χ0) is 12.6. The average molecular weight is 242 g/mol. The number of unbranched alkanes of at least 4 members (excludes halogenated alkanes) is 2. The molecule has 1 unspecified atom stereocenters. The second-order valence-corrected chi connectivity index (χ2v) is 10.1. The highest BCUT2D eigenvalue weighted by atomic mass is 28.4. The third-order valence-electron chi connectivity index (χ3n) is 2.64. The Kier molecular flexibility index (Phi) is 7.82. The van der Waals surface area contributed by atoms with Gasteiger partial charge in [-0.05, 0) is 51.4 Å². The van der Waals surface area contributed by atoms with E-state index in [2.05, 4.69) is 46.5 Å². The van der Waals surface area contributed by atoms with E-state index in [1.807, 2.05) is 0 Å². The van der Waals surface area contributed by atoms with Gasteiger partial charge in [-0.3, -0.25) is 0 Å². The summed E-state index contributed by atoms with van der Waals surface area (Å²) >= 11 is 0. The first-order valence-electron chi connectivity index (χ1n) is 6.76. The highest BCUT2D eigenvalue weighted by Gasteiger charge is 2.16. The molecule has 0 amide bonds. The highest BCUT2D eigenvalue weighted by Crippen LogP contribution is 2.19. The lowest BCUT2D eigenvalue weighted by molar-refractivity contribution is 0.408. The maximum atomic E-state index is 5.98. The predicted molar refractivity (Wildman–Crippen MR) is 76.1 cm³/mol. The SMILES string of the molecule is CCCCCC(/C=C(\C)O[Si](C)(C)C)CC. The molecule has 0 aliphatic rings. The van der Waals surface area contributed by atoms with Gasteiger partial charge in [0.1, 0.15) is 0 Å². The van der Waals surface area contributed by atoms with Crippen molar-refractivity contribution in [2.24, 2.45) is 5.92 Å². The van der Waals surface area contributed by atoms with Gasteiger partial charge in [-0.25, -0.2) is 0 Å². The Balaban J connectivity index is 4.11. The molecule has 0 rings (SSSR count). The largest absolute Gasteiger partial charge is 0.548 e. The summed E-state index contributed by atoms with van der Waals surface area (Å²) in [6, 6.07) is 0. The zero-order valence-electron chi connectivity index (χ0n) is 12.1. The average Bonchev–Trinajstić information content (AvgIpc) is 2.13. The maximum absolute atomic E-state index is 5.98. The Morgan fingerprint density at radius 1 is 1.19 bits per heavy atom. The van der Waals surface area contributed by atoms with Gasteiger partial charge in [0.2, 0.25) is 8.32 Å². The smallest absolute Gasteiger partial charge is 0.241 e. The molecule has 0 spiro atoms. The lowest BCUT2D eigenvalue weighted by atomic mass is 9.98. The molecule has 0 bridgehead atoms. The molecule has 0 heterocycles. The number of hydrogen-bond acceptors (Lipinski definition) is 1. The van der Waals surface area contributed by atoms with E-state index in [0.29, 0.717) is 5.92 Å². The Hall–Kier alpha value is -0.243. The van der Waals surface area contributed by atoms with Gasteiger partial charge < -0.3 is 4.43 Å². The molecular weight excluding hydrogens is 212 g/mol. The molecule has 0 aliphatic carbocycles. The topological polar surface area (TPSA) is 9.23 Å². The van der Waals surface area contributed by atoms with Crippen LogP contribution in [0.5, 0.6) is 0 Å². The van der Waals surface area contributed by atoms with Crippen LogP contribution < -0.4 is 0 Å². The zero-order valence-corrected chi connectivity index (χ0v) is 13.1. The Morgan fingerprint density at radius 3 is 2.25 bits per heavy atom. The minimum absolute atomic E-state index is 0.711. The molecule has 16 heavy (non-hydrogen) atoms. The minimum Gasteiger partial charge on any atom is -0.548 e. The summed E-state index contributed by atoms with van der Waals surface area (Å²) in [4.78, 5) is 0. The molecule has 0 aliphatic heterocycles. The van der Waals surface area contributed by atoms with E-state index in [0.717, 1.165) is 5.76 Å². The summed E-state index contributed by atoms with van der Waals surface area (Å²) in [6.07, 6.45) is 8.91. The molecule has 0 aromatic carbocycles. The molecule has 96 valence electrons.